The summed E-state index contributed by atoms with van der Waals surface area (Å²) in [5.74, 6) is 1.14. The lowest BCUT2D eigenvalue weighted by molar-refractivity contribution is -0.133. The highest BCUT2D eigenvalue weighted by Gasteiger charge is 2.31. The van der Waals surface area contributed by atoms with Crippen LogP contribution in [0, 0.1) is 12.8 Å². The molecule has 0 saturated heterocycles. The second-order valence-electron chi connectivity index (χ2n) is 8.33. The number of fused-ring (bicyclic) bond motifs is 1. The van der Waals surface area contributed by atoms with Crippen LogP contribution in [-0.4, -0.2) is 51.6 Å². The van der Waals surface area contributed by atoms with Crippen molar-refractivity contribution < 1.29 is 22.7 Å². The molecule has 2 atom stereocenters. The van der Waals surface area contributed by atoms with E-state index in [4.69, 9.17) is 9.47 Å². The van der Waals surface area contributed by atoms with Gasteiger partial charge in [0.15, 0.2) is 17.6 Å². The minimum Gasteiger partial charge on any atom is -0.486 e. The molecule has 0 aliphatic carbocycles. The summed E-state index contributed by atoms with van der Waals surface area (Å²) < 4.78 is 40.0. The summed E-state index contributed by atoms with van der Waals surface area (Å²) in [4.78, 5) is 14.8. The molecule has 7 nitrogen and oxygen atoms in total. The van der Waals surface area contributed by atoms with Crippen LogP contribution in [-0.2, 0) is 14.8 Å². The van der Waals surface area contributed by atoms with Gasteiger partial charge in [0.2, 0.25) is 15.9 Å². The predicted octanol–water partition coefficient (Wildman–Crippen LogP) is 2.99. The summed E-state index contributed by atoms with van der Waals surface area (Å²) in [6.07, 6.45) is 0.0521. The Kier molecular flexibility index (Phi) is 7.23. The number of benzene rings is 2. The smallest absolute Gasteiger partial charge is 0.241 e. The fraction of sp³-hybridized carbons (Fsp3) is 0.435. The third kappa shape index (κ3) is 5.98. The summed E-state index contributed by atoms with van der Waals surface area (Å²) >= 11 is 0. The van der Waals surface area contributed by atoms with E-state index < -0.39 is 16.1 Å². The summed E-state index contributed by atoms with van der Waals surface area (Å²) in [6.45, 7) is 6.40. The van der Waals surface area contributed by atoms with Crippen molar-refractivity contribution in [1.29, 1.82) is 0 Å². The highest BCUT2D eigenvalue weighted by molar-refractivity contribution is 7.89. The molecular weight excluding hydrogens is 416 g/mol. The molecule has 1 heterocycles. The zero-order valence-electron chi connectivity index (χ0n) is 18.4. The zero-order valence-corrected chi connectivity index (χ0v) is 19.2. The number of hydrogen-bond donors (Lipinski definition) is 1. The molecule has 0 fully saturated rings. The molecule has 1 aliphatic rings. The van der Waals surface area contributed by atoms with Crippen LogP contribution < -0.4 is 14.2 Å². The zero-order chi connectivity index (χ0) is 22.6. The number of carbonyl (C=O) groups is 1. The molecule has 2 unspecified atom stereocenters. The van der Waals surface area contributed by atoms with E-state index in [1.807, 2.05) is 45.0 Å². The van der Waals surface area contributed by atoms with Crippen LogP contribution >= 0.6 is 0 Å². The number of carbonyl (C=O) groups excluding carboxylic acids is 1. The minimum absolute atomic E-state index is 0.129. The number of para-hydroxylation sites is 2. The van der Waals surface area contributed by atoms with Crippen molar-refractivity contribution in [3.8, 4) is 11.5 Å². The first kappa shape index (κ1) is 23.1. The number of nitrogens with one attached hydrogen (secondary N) is 1. The standard InChI is InChI=1S/C23H30N2O5S/c1-16(2)13-20(24-31(27,28)19-11-9-17(3)10-12-19)23(26)25(4)14-18-15-29-21-7-5-6-8-22(21)30-18/h5-12,16,18,20,24H,13-15H2,1-4H3. The summed E-state index contributed by atoms with van der Waals surface area (Å²) in [6, 6.07) is 13.1. The fourth-order valence-corrected chi connectivity index (χ4v) is 4.66. The van der Waals surface area contributed by atoms with Gasteiger partial charge in [0.05, 0.1) is 11.4 Å². The Morgan fingerprint density at radius 3 is 2.42 bits per heavy atom. The molecule has 2 aromatic rings. The molecule has 1 N–H and O–H groups in total. The largest absolute Gasteiger partial charge is 0.486 e. The molecular formula is C23H30N2O5S. The van der Waals surface area contributed by atoms with Gasteiger partial charge in [-0.15, -0.1) is 0 Å². The maximum Gasteiger partial charge on any atom is 0.241 e. The maximum absolute atomic E-state index is 13.2. The average molecular weight is 447 g/mol. The number of nitrogens with zero attached hydrogens (tertiary/aromatic N) is 1. The Morgan fingerprint density at radius 1 is 1.13 bits per heavy atom. The van der Waals surface area contributed by atoms with Crippen LogP contribution in [0.25, 0.3) is 0 Å². The lowest BCUT2D eigenvalue weighted by Gasteiger charge is -2.31. The molecule has 8 heteroatoms. The Labute approximate surface area is 184 Å². The Morgan fingerprint density at radius 2 is 1.77 bits per heavy atom. The van der Waals surface area contributed by atoms with Gasteiger partial charge in [0, 0.05) is 7.05 Å². The molecule has 2 aromatic carbocycles. The van der Waals surface area contributed by atoms with E-state index in [0.29, 0.717) is 24.5 Å². The van der Waals surface area contributed by atoms with Gasteiger partial charge in [0.1, 0.15) is 12.6 Å². The molecule has 0 aromatic heterocycles. The lowest BCUT2D eigenvalue weighted by atomic mass is 10.0. The highest BCUT2D eigenvalue weighted by Crippen LogP contribution is 2.31. The van der Waals surface area contributed by atoms with Gasteiger partial charge in [-0.2, -0.15) is 4.72 Å². The van der Waals surface area contributed by atoms with E-state index in [1.54, 1.807) is 31.3 Å². The SMILES string of the molecule is Cc1ccc(S(=O)(=O)NC(CC(C)C)C(=O)N(C)CC2COc3ccccc3O2)cc1. The van der Waals surface area contributed by atoms with Crippen LogP contribution in [0.5, 0.6) is 11.5 Å². The predicted molar refractivity (Wildman–Crippen MR) is 119 cm³/mol. The first-order valence-corrected chi connectivity index (χ1v) is 11.9. The third-order valence-corrected chi connectivity index (χ3v) is 6.54. The van der Waals surface area contributed by atoms with Gasteiger partial charge in [-0.3, -0.25) is 4.79 Å². The number of ether oxygens (including phenoxy) is 2. The summed E-state index contributed by atoms with van der Waals surface area (Å²) in [5.41, 5.74) is 0.963. The first-order valence-electron chi connectivity index (χ1n) is 10.4. The second kappa shape index (κ2) is 9.70. The van der Waals surface area contributed by atoms with Crippen molar-refractivity contribution in [1.82, 2.24) is 9.62 Å². The van der Waals surface area contributed by atoms with Crippen LogP contribution in [0.15, 0.2) is 53.4 Å². The first-order chi connectivity index (χ1) is 14.7. The second-order valence-corrected chi connectivity index (χ2v) is 10.0. The van der Waals surface area contributed by atoms with Gasteiger partial charge in [-0.25, -0.2) is 8.42 Å². The van der Waals surface area contributed by atoms with Crippen molar-refractivity contribution in [3.63, 3.8) is 0 Å². The van der Waals surface area contributed by atoms with Gasteiger partial charge in [0.25, 0.3) is 0 Å². The molecule has 3 rings (SSSR count). The molecule has 0 bridgehead atoms. The number of amides is 1. The quantitative estimate of drug-likeness (QED) is 0.674. The van der Waals surface area contributed by atoms with E-state index >= 15 is 0 Å². The monoisotopic (exact) mass is 446 g/mol. The molecule has 1 aliphatic heterocycles. The number of sulfonamides is 1. The molecule has 0 radical (unpaired) electrons. The van der Waals surface area contributed by atoms with Gasteiger partial charge < -0.3 is 14.4 Å². The Bertz CT molecular complexity index is 1000. The minimum atomic E-state index is -3.83. The van der Waals surface area contributed by atoms with Crippen molar-refractivity contribution in [2.45, 2.75) is 44.2 Å². The van der Waals surface area contributed by atoms with Crippen molar-refractivity contribution in [2.75, 3.05) is 20.2 Å². The van der Waals surface area contributed by atoms with Gasteiger partial charge >= 0.3 is 0 Å². The molecule has 168 valence electrons. The molecule has 31 heavy (non-hydrogen) atoms. The van der Waals surface area contributed by atoms with Crippen molar-refractivity contribution in [3.05, 3.63) is 54.1 Å². The molecule has 0 spiro atoms. The number of likely N-dealkylation sites (N-methyl/N-ethyl adjacent to an activating group) is 1. The van der Waals surface area contributed by atoms with Gasteiger partial charge in [-0.05, 0) is 43.5 Å². The van der Waals surface area contributed by atoms with Crippen LogP contribution in [0.1, 0.15) is 25.8 Å². The normalized spacial score (nSPS) is 16.7. The number of hydrogen-bond acceptors (Lipinski definition) is 5. The topological polar surface area (TPSA) is 84.9 Å². The van der Waals surface area contributed by atoms with E-state index in [1.165, 1.54) is 4.90 Å². The Balaban J connectivity index is 1.69. The molecule has 1 amide bonds. The summed E-state index contributed by atoms with van der Waals surface area (Å²) in [7, 11) is -2.17. The van der Waals surface area contributed by atoms with Crippen LogP contribution in [0.4, 0.5) is 0 Å². The fourth-order valence-electron chi connectivity index (χ4n) is 3.46. The average Bonchev–Trinajstić information content (AvgIpc) is 2.72. The van der Waals surface area contributed by atoms with Crippen LogP contribution in [0.3, 0.4) is 0 Å². The van der Waals surface area contributed by atoms with Crippen LogP contribution in [0.2, 0.25) is 0 Å². The Hall–Kier alpha value is -2.58. The lowest BCUT2D eigenvalue weighted by Crippen LogP contribution is -2.51. The van der Waals surface area contributed by atoms with Gasteiger partial charge in [-0.1, -0.05) is 43.7 Å². The van der Waals surface area contributed by atoms with E-state index in [-0.39, 0.29) is 29.4 Å². The van der Waals surface area contributed by atoms with Crippen molar-refractivity contribution >= 4 is 15.9 Å². The van der Waals surface area contributed by atoms with E-state index in [2.05, 4.69) is 4.72 Å². The molecule has 0 saturated carbocycles. The maximum atomic E-state index is 13.2. The van der Waals surface area contributed by atoms with Crippen molar-refractivity contribution in [2.24, 2.45) is 5.92 Å². The highest BCUT2D eigenvalue weighted by atomic mass is 32.2. The summed E-state index contributed by atoms with van der Waals surface area (Å²) in [5, 5.41) is 0. The number of aryl methyl sites for hydroxylation is 1. The third-order valence-electron chi connectivity index (χ3n) is 5.06. The van der Waals surface area contributed by atoms with E-state index in [9.17, 15) is 13.2 Å². The van der Waals surface area contributed by atoms with E-state index in [0.717, 1.165) is 5.56 Å². The number of rotatable bonds is 8.